The second-order valence-corrected chi connectivity index (χ2v) is 6.96. The number of benzene rings is 1. The van der Waals surface area contributed by atoms with Gasteiger partial charge in [0.15, 0.2) is 5.82 Å². The molecule has 1 saturated heterocycles. The lowest BCUT2D eigenvalue weighted by molar-refractivity contribution is -0.125. The first-order valence-corrected chi connectivity index (χ1v) is 9.92. The third-order valence-corrected chi connectivity index (χ3v) is 5.07. The number of aromatic nitrogens is 2. The molecule has 1 aliphatic heterocycles. The maximum absolute atomic E-state index is 12.5. The topological polar surface area (TPSA) is 79.4 Å². The first-order valence-electron chi connectivity index (χ1n) is 9.92. The molecule has 0 atom stereocenters. The average Bonchev–Trinajstić information content (AvgIpc) is 2.75. The summed E-state index contributed by atoms with van der Waals surface area (Å²) in [5.74, 6) is 2.74. The van der Waals surface area contributed by atoms with Crippen molar-refractivity contribution in [2.75, 3.05) is 43.5 Å². The molecule has 2 heterocycles. The molecule has 0 aliphatic carbocycles. The fourth-order valence-corrected chi connectivity index (χ4v) is 3.41. The molecule has 28 heavy (non-hydrogen) atoms. The molecule has 1 aromatic heterocycles. The standard InChI is InChI=1S/C21H29N5O2/c1-3-22-19-8-9-20(25-24-19)26-14-11-17(12-15-26)21(27)23-13-10-16-4-6-18(28-2)7-5-16/h4-9,17H,3,10-15H2,1-2H3,(H,22,24)(H,23,27). The lowest BCUT2D eigenvalue weighted by Crippen LogP contribution is -2.41. The zero-order valence-corrected chi connectivity index (χ0v) is 16.6. The lowest BCUT2D eigenvalue weighted by atomic mass is 9.96. The SMILES string of the molecule is CCNc1ccc(N2CCC(C(=O)NCCc3ccc(OC)cc3)CC2)nn1. The van der Waals surface area contributed by atoms with Crippen LogP contribution in [0.15, 0.2) is 36.4 Å². The summed E-state index contributed by atoms with van der Waals surface area (Å²) in [7, 11) is 1.66. The molecule has 1 aromatic carbocycles. The van der Waals surface area contributed by atoms with Gasteiger partial charge in [-0.2, -0.15) is 0 Å². The van der Waals surface area contributed by atoms with Crippen molar-refractivity contribution in [2.24, 2.45) is 5.92 Å². The fraction of sp³-hybridized carbons (Fsp3) is 0.476. The maximum atomic E-state index is 12.5. The van der Waals surface area contributed by atoms with Crippen LogP contribution >= 0.6 is 0 Å². The summed E-state index contributed by atoms with van der Waals surface area (Å²) in [6.45, 7) is 5.16. The Kier molecular flexibility index (Phi) is 7.06. The molecule has 150 valence electrons. The van der Waals surface area contributed by atoms with E-state index in [4.69, 9.17) is 4.74 Å². The highest BCUT2D eigenvalue weighted by Gasteiger charge is 2.25. The molecule has 0 radical (unpaired) electrons. The van der Waals surface area contributed by atoms with E-state index >= 15 is 0 Å². The number of amides is 1. The molecule has 3 rings (SSSR count). The van der Waals surface area contributed by atoms with Gasteiger partial charge in [-0.3, -0.25) is 4.79 Å². The third kappa shape index (κ3) is 5.34. The summed E-state index contributed by atoms with van der Waals surface area (Å²) in [6, 6.07) is 11.9. The minimum atomic E-state index is 0.0705. The Bertz CT molecular complexity index is 740. The summed E-state index contributed by atoms with van der Waals surface area (Å²) in [4.78, 5) is 14.7. The predicted octanol–water partition coefficient (Wildman–Crippen LogP) is 2.49. The van der Waals surface area contributed by atoms with Crippen LogP contribution in [0.2, 0.25) is 0 Å². The number of ether oxygens (including phenoxy) is 1. The van der Waals surface area contributed by atoms with Gasteiger partial charge in [-0.1, -0.05) is 12.1 Å². The van der Waals surface area contributed by atoms with Gasteiger partial charge in [-0.25, -0.2) is 0 Å². The van der Waals surface area contributed by atoms with E-state index in [1.165, 1.54) is 5.56 Å². The molecular formula is C21H29N5O2. The Morgan fingerprint density at radius 3 is 2.50 bits per heavy atom. The van der Waals surface area contributed by atoms with Gasteiger partial charge in [0.2, 0.25) is 5.91 Å². The van der Waals surface area contributed by atoms with Crippen molar-refractivity contribution in [1.29, 1.82) is 0 Å². The number of carbonyl (C=O) groups is 1. The summed E-state index contributed by atoms with van der Waals surface area (Å²) < 4.78 is 5.16. The van der Waals surface area contributed by atoms with E-state index in [-0.39, 0.29) is 11.8 Å². The number of methoxy groups -OCH3 is 1. The van der Waals surface area contributed by atoms with Crippen LogP contribution < -0.4 is 20.3 Å². The molecule has 0 unspecified atom stereocenters. The van der Waals surface area contributed by atoms with Gasteiger partial charge in [0.1, 0.15) is 11.6 Å². The fourth-order valence-electron chi connectivity index (χ4n) is 3.41. The van der Waals surface area contributed by atoms with E-state index < -0.39 is 0 Å². The number of hydrogen-bond acceptors (Lipinski definition) is 6. The first-order chi connectivity index (χ1) is 13.7. The van der Waals surface area contributed by atoms with Crippen LogP contribution in [0, 0.1) is 5.92 Å². The van der Waals surface area contributed by atoms with Crippen molar-refractivity contribution in [3.05, 3.63) is 42.0 Å². The molecule has 1 aliphatic rings. The highest BCUT2D eigenvalue weighted by atomic mass is 16.5. The van der Waals surface area contributed by atoms with Gasteiger partial charge in [0.25, 0.3) is 0 Å². The largest absolute Gasteiger partial charge is 0.497 e. The number of piperidine rings is 1. The number of hydrogen-bond donors (Lipinski definition) is 2. The minimum Gasteiger partial charge on any atom is -0.497 e. The van der Waals surface area contributed by atoms with Gasteiger partial charge in [0.05, 0.1) is 7.11 Å². The normalized spacial score (nSPS) is 14.6. The number of nitrogens with zero attached hydrogens (tertiary/aromatic N) is 3. The first kappa shape index (κ1) is 19.9. The maximum Gasteiger partial charge on any atom is 0.223 e. The van der Waals surface area contributed by atoms with Gasteiger partial charge < -0.3 is 20.3 Å². The Morgan fingerprint density at radius 2 is 1.89 bits per heavy atom. The zero-order chi connectivity index (χ0) is 19.8. The number of rotatable bonds is 8. The molecule has 7 heteroatoms. The van der Waals surface area contributed by atoms with E-state index in [1.807, 2.05) is 43.3 Å². The van der Waals surface area contributed by atoms with E-state index in [9.17, 15) is 4.79 Å². The highest BCUT2D eigenvalue weighted by Crippen LogP contribution is 2.22. The van der Waals surface area contributed by atoms with Gasteiger partial charge in [-0.05, 0) is 56.0 Å². The van der Waals surface area contributed by atoms with Crippen LogP contribution in [0.1, 0.15) is 25.3 Å². The van der Waals surface area contributed by atoms with Crippen molar-refractivity contribution in [3.63, 3.8) is 0 Å². The van der Waals surface area contributed by atoms with Gasteiger partial charge in [0, 0.05) is 32.1 Å². The van der Waals surface area contributed by atoms with Crippen LogP contribution in [0.3, 0.4) is 0 Å². The van der Waals surface area contributed by atoms with Crippen molar-refractivity contribution < 1.29 is 9.53 Å². The van der Waals surface area contributed by atoms with Crippen LogP contribution in [0.25, 0.3) is 0 Å². The predicted molar refractivity (Wildman–Crippen MR) is 111 cm³/mol. The smallest absolute Gasteiger partial charge is 0.223 e. The van der Waals surface area contributed by atoms with Crippen LogP contribution in [0.4, 0.5) is 11.6 Å². The average molecular weight is 383 g/mol. The molecule has 1 fully saturated rings. The number of nitrogens with one attached hydrogen (secondary N) is 2. The minimum absolute atomic E-state index is 0.0705. The Hall–Kier alpha value is -2.83. The Morgan fingerprint density at radius 1 is 1.14 bits per heavy atom. The van der Waals surface area contributed by atoms with E-state index in [1.54, 1.807) is 7.11 Å². The summed E-state index contributed by atoms with van der Waals surface area (Å²) >= 11 is 0. The van der Waals surface area contributed by atoms with Gasteiger partial charge in [-0.15, -0.1) is 10.2 Å². The molecule has 2 aromatic rings. The number of anilines is 2. The summed E-state index contributed by atoms with van der Waals surface area (Å²) in [5.41, 5.74) is 1.19. The second kappa shape index (κ2) is 9.92. The van der Waals surface area contributed by atoms with Crippen LogP contribution in [-0.4, -0.2) is 49.4 Å². The highest BCUT2D eigenvalue weighted by molar-refractivity contribution is 5.79. The Balaban J connectivity index is 1.40. The summed E-state index contributed by atoms with van der Waals surface area (Å²) in [6.07, 6.45) is 2.50. The summed E-state index contributed by atoms with van der Waals surface area (Å²) in [5, 5.41) is 14.7. The molecule has 0 saturated carbocycles. The van der Waals surface area contributed by atoms with E-state index in [2.05, 4.69) is 25.7 Å². The van der Waals surface area contributed by atoms with Crippen molar-refractivity contribution >= 4 is 17.5 Å². The van der Waals surface area contributed by atoms with Gasteiger partial charge >= 0.3 is 0 Å². The van der Waals surface area contributed by atoms with Crippen molar-refractivity contribution in [2.45, 2.75) is 26.2 Å². The molecule has 7 nitrogen and oxygen atoms in total. The monoisotopic (exact) mass is 383 g/mol. The third-order valence-electron chi connectivity index (χ3n) is 5.07. The second-order valence-electron chi connectivity index (χ2n) is 6.96. The molecule has 2 N–H and O–H groups in total. The zero-order valence-electron chi connectivity index (χ0n) is 16.6. The molecule has 0 spiro atoms. The van der Waals surface area contributed by atoms with Crippen molar-refractivity contribution in [3.8, 4) is 5.75 Å². The molecule has 0 bridgehead atoms. The van der Waals surface area contributed by atoms with Crippen LogP contribution in [0.5, 0.6) is 5.75 Å². The quantitative estimate of drug-likeness (QED) is 0.729. The van der Waals surface area contributed by atoms with E-state index in [0.717, 1.165) is 56.3 Å². The van der Waals surface area contributed by atoms with Crippen molar-refractivity contribution in [1.82, 2.24) is 15.5 Å². The Labute approximate surface area is 166 Å². The lowest BCUT2D eigenvalue weighted by Gasteiger charge is -2.31. The molecular weight excluding hydrogens is 354 g/mol. The molecule has 1 amide bonds. The number of carbonyl (C=O) groups excluding carboxylic acids is 1. The van der Waals surface area contributed by atoms with E-state index in [0.29, 0.717) is 6.54 Å². The van der Waals surface area contributed by atoms with Crippen LogP contribution in [-0.2, 0) is 11.2 Å².